The molecule has 0 aromatic carbocycles. The van der Waals surface area contributed by atoms with Crippen LogP contribution in [0.2, 0.25) is 0 Å². The number of aromatic nitrogens is 2. The lowest BCUT2D eigenvalue weighted by Gasteiger charge is -2.35. The van der Waals surface area contributed by atoms with Crippen LogP contribution in [0.4, 0.5) is 5.82 Å². The number of nitrogen functional groups attached to an aromatic ring is 1. The summed E-state index contributed by atoms with van der Waals surface area (Å²) in [5.74, 6) is 0.0434. The van der Waals surface area contributed by atoms with Crippen molar-refractivity contribution < 1.29 is 8.42 Å². The maximum Gasteiger partial charge on any atom is 0.260 e. The van der Waals surface area contributed by atoms with Gasteiger partial charge in [0.05, 0.1) is 6.33 Å². The van der Waals surface area contributed by atoms with Gasteiger partial charge in [-0.15, -0.1) is 0 Å². The fraction of sp³-hybridized carbons (Fsp3) is 0.750. The van der Waals surface area contributed by atoms with Crippen LogP contribution in [-0.2, 0) is 17.1 Å². The number of nitrogens with zero attached hydrogens (tertiary/aromatic N) is 2. The highest BCUT2D eigenvalue weighted by Gasteiger charge is 2.33. The van der Waals surface area contributed by atoms with Crippen LogP contribution in [0.5, 0.6) is 0 Å². The second kappa shape index (κ2) is 5.95. The highest BCUT2D eigenvalue weighted by atomic mass is 32.2. The fourth-order valence-electron chi connectivity index (χ4n) is 2.71. The molecule has 0 saturated heterocycles. The molecule has 0 amide bonds. The van der Waals surface area contributed by atoms with Crippen molar-refractivity contribution in [1.82, 2.24) is 14.3 Å². The fourth-order valence-corrected chi connectivity index (χ4v) is 5.07. The van der Waals surface area contributed by atoms with E-state index in [-0.39, 0.29) is 15.6 Å². The summed E-state index contributed by atoms with van der Waals surface area (Å²) in [7, 11) is -1.99. The van der Waals surface area contributed by atoms with Crippen molar-refractivity contribution in [3.8, 4) is 0 Å². The first-order chi connectivity index (χ1) is 9.40. The predicted molar refractivity (Wildman–Crippen MR) is 82.1 cm³/mol. The first kappa shape index (κ1) is 15.7. The lowest BCUT2D eigenvalue weighted by atomic mass is 9.88. The van der Waals surface area contributed by atoms with Crippen molar-refractivity contribution in [2.24, 2.45) is 7.05 Å². The second-order valence-corrected chi connectivity index (χ2v) is 8.27. The van der Waals surface area contributed by atoms with E-state index in [1.807, 2.05) is 0 Å². The van der Waals surface area contributed by atoms with Gasteiger partial charge >= 0.3 is 0 Å². The third kappa shape index (κ3) is 3.12. The largest absolute Gasteiger partial charge is 0.381 e. The SMILES string of the molecule is CSC1(CNS(=O)(=O)c2c(N)ncn2C)CCCCC1. The van der Waals surface area contributed by atoms with Crippen molar-refractivity contribution in [1.29, 1.82) is 0 Å². The molecule has 0 bridgehead atoms. The van der Waals surface area contributed by atoms with Crippen LogP contribution in [0.1, 0.15) is 32.1 Å². The molecule has 0 unspecified atom stereocenters. The van der Waals surface area contributed by atoms with Gasteiger partial charge in [-0.05, 0) is 19.1 Å². The zero-order valence-corrected chi connectivity index (χ0v) is 13.6. The molecule has 2 rings (SSSR count). The van der Waals surface area contributed by atoms with E-state index in [4.69, 9.17) is 5.73 Å². The Kier molecular flexibility index (Phi) is 4.66. The molecule has 1 saturated carbocycles. The number of rotatable bonds is 5. The average Bonchev–Trinajstić information content (AvgIpc) is 2.78. The number of nitrogens with two attached hydrogens (primary N) is 1. The van der Waals surface area contributed by atoms with Crippen LogP contribution >= 0.6 is 11.8 Å². The van der Waals surface area contributed by atoms with Crippen molar-refractivity contribution >= 4 is 27.6 Å². The number of imidazole rings is 1. The standard InChI is InChI=1S/C12H22N4O2S2/c1-16-9-14-10(13)11(16)20(17,18)15-8-12(19-2)6-4-3-5-7-12/h9,15H,3-8,13H2,1-2H3. The van der Waals surface area contributed by atoms with Crippen LogP contribution < -0.4 is 10.5 Å². The number of anilines is 1. The zero-order chi connectivity index (χ0) is 14.8. The summed E-state index contributed by atoms with van der Waals surface area (Å²) in [6.07, 6.45) is 9.14. The lowest BCUT2D eigenvalue weighted by molar-refractivity contribution is 0.394. The molecular weight excluding hydrogens is 296 g/mol. The van der Waals surface area contributed by atoms with E-state index in [9.17, 15) is 8.42 Å². The Hall–Kier alpha value is -0.730. The summed E-state index contributed by atoms with van der Waals surface area (Å²) < 4.78 is 28.9. The van der Waals surface area contributed by atoms with Gasteiger partial charge < -0.3 is 10.3 Å². The van der Waals surface area contributed by atoms with Gasteiger partial charge in [0.25, 0.3) is 10.0 Å². The summed E-state index contributed by atoms with van der Waals surface area (Å²) in [6, 6.07) is 0. The van der Waals surface area contributed by atoms with Crippen molar-refractivity contribution in [3.63, 3.8) is 0 Å². The number of hydrogen-bond donors (Lipinski definition) is 2. The van der Waals surface area contributed by atoms with Gasteiger partial charge in [-0.3, -0.25) is 0 Å². The van der Waals surface area contributed by atoms with Gasteiger partial charge in [0.2, 0.25) is 0 Å². The number of hydrogen-bond acceptors (Lipinski definition) is 5. The maximum absolute atomic E-state index is 12.4. The molecule has 0 radical (unpaired) electrons. The summed E-state index contributed by atoms with van der Waals surface area (Å²) in [5, 5.41) is 0.0459. The lowest BCUT2D eigenvalue weighted by Crippen LogP contribution is -2.42. The van der Waals surface area contributed by atoms with Crippen LogP contribution in [0.25, 0.3) is 0 Å². The van der Waals surface area contributed by atoms with Gasteiger partial charge in [-0.2, -0.15) is 11.8 Å². The molecule has 1 fully saturated rings. The van der Waals surface area contributed by atoms with Crippen molar-refractivity contribution in [2.75, 3.05) is 18.5 Å². The van der Waals surface area contributed by atoms with E-state index < -0.39 is 10.0 Å². The molecule has 1 aromatic heterocycles. The van der Waals surface area contributed by atoms with E-state index in [0.29, 0.717) is 6.54 Å². The molecule has 0 spiro atoms. The highest BCUT2D eigenvalue weighted by molar-refractivity contribution is 8.00. The Morgan fingerprint density at radius 2 is 2.10 bits per heavy atom. The molecule has 1 aliphatic rings. The topological polar surface area (TPSA) is 90.0 Å². The maximum atomic E-state index is 12.4. The third-order valence-electron chi connectivity index (χ3n) is 3.95. The molecule has 20 heavy (non-hydrogen) atoms. The molecule has 8 heteroatoms. The number of nitrogens with one attached hydrogen (secondary N) is 1. The monoisotopic (exact) mass is 318 g/mol. The Morgan fingerprint density at radius 3 is 2.60 bits per heavy atom. The number of sulfonamides is 1. The van der Waals surface area contributed by atoms with Gasteiger partial charge in [0, 0.05) is 18.3 Å². The minimum atomic E-state index is -3.61. The molecular formula is C12H22N4O2S2. The Morgan fingerprint density at radius 1 is 1.45 bits per heavy atom. The molecule has 1 aliphatic carbocycles. The van der Waals surface area contributed by atoms with Gasteiger partial charge in [-0.25, -0.2) is 18.1 Å². The highest BCUT2D eigenvalue weighted by Crippen LogP contribution is 2.38. The second-order valence-electron chi connectivity index (χ2n) is 5.32. The summed E-state index contributed by atoms with van der Waals surface area (Å²) in [6.45, 7) is 0.446. The van der Waals surface area contributed by atoms with E-state index >= 15 is 0 Å². The van der Waals surface area contributed by atoms with E-state index in [2.05, 4.69) is 16.0 Å². The van der Waals surface area contributed by atoms with Gasteiger partial charge in [0.1, 0.15) is 0 Å². The number of thioether (sulfide) groups is 1. The van der Waals surface area contributed by atoms with E-state index in [1.54, 1.807) is 18.8 Å². The normalized spacial score (nSPS) is 19.1. The summed E-state index contributed by atoms with van der Waals surface area (Å²) >= 11 is 1.76. The minimum absolute atomic E-state index is 0.0126. The van der Waals surface area contributed by atoms with Crippen molar-refractivity contribution in [3.05, 3.63) is 6.33 Å². The minimum Gasteiger partial charge on any atom is -0.381 e. The van der Waals surface area contributed by atoms with Gasteiger partial charge in [0.15, 0.2) is 10.8 Å². The van der Waals surface area contributed by atoms with Crippen LogP contribution in [0, 0.1) is 0 Å². The Bertz CT molecular complexity index is 543. The van der Waals surface area contributed by atoms with E-state index in [1.165, 1.54) is 17.3 Å². The Balaban J connectivity index is 2.13. The smallest absolute Gasteiger partial charge is 0.260 e. The average molecular weight is 318 g/mol. The summed E-state index contributed by atoms with van der Waals surface area (Å²) in [5.41, 5.74) is 5.65. The molecule has 0 atom stereocenters. The molecule has 1 heterocycles. The first-order valence-corrected chi connectivity index (χ1v) is 9.43. The summed E-state index contributed by atoms with van der Waals surface area (Å²) in [4.78, 5) is 3.83. The first-order valence-electron chi connectivity index (χ1n) is 6.72. The van der Waals surface area contributed by atoms with Crippen LogP contribution in [0.15, 0.2) is 11.4 Å². The van der Waals surface area contributed by atoms with Gasteiger partial charge in [-0.1, -0.05) is 19.3 Å². The third-order valence-corrected chi connectivity index (χ3v) is 6.90. The van der Waals surface area contributed by atoms with E-state index in [0.717, 1.165) is 25.7 Å². The molecule has 0 aliphatic heterocycles. The zero-order valence-electron chi connectivity index (χ0n) is 11.9. The molecule has 114 valence electrons. The predicted octanol–water partition coefficient (Wildman–Crippen LogP) is 1.35. The molecule has 3 N–H and O–H groups in total. The molecule has 1 aromatic rings. The quantitative estimate of drug-likeness (QED) is 0.855. The van der Waals surface area contributed by atoms with Crippen LogP contribution in [0.3, 0.4) is 0 Å². The van der Waals surface area contributed by atoms with Crippen molar-refractivity contribution in [2.45, 2.75) is 41.9 Å². The number of aryl methyl sites for hydroxylation is 1. The Labute approximate surface area is 124 Å². The molecule has 6 nitrogen and oxygen atoms in total. The van der Waals surface area contributed by atoms with Crippen LogP contribution in [-0.4, -0.2) is 35.5 Å².